The van der Waals surface area contributed by atoms with Crippen LogP contribution in [0, 0.1) is 0 Å². The van der Waals surface area contributed by atoms with Crippen molar-refractivity contribution in [1.82, 2.24) is 0 Å². The third kappa shape index (κ3) is 4.17. The first-order valence-electron chi connectivity index (χ1n) is 3.35. The average Bonchev–Trinajstić information content (AvgIpc) is 1.85. The van der Waals surface area contributed by atoms with Crippen LogP contribution in [0.1, 0.15) is 13.3 Å². The zero-order valence-corrected chi connectivity index (χ0v) is 6.52. The maximum atomic E-state index is 11.7. The maximum absolute atomic E-state index is 11.7. The van der Waals surface area contributed by atoms with Gasteiger partial charge in [-0.25, -0.2) is 0 Å². The number of alkyl halides is 3. The summed E-state index contributed by atoms with van der Waals surface area (Å²) in [6.07, 6.45) is -5.36. The monoisotopic (exact) mass is 185 g/mol. The SMILES string of the molecule is CCOC(=O)C[C@H](N)C(F)(F)F. The molecule has 0 aromatic heterocycles. The number of halogens is 3. The van der Waals surface area contributed by atoms with Gasteiger partial charge in [-0.3, -0.25) is 4.79 Å². The van der Waals surface area contributed by atoms with Crippen molar-refractivity contribution in [1.29, 1.82) is 0 Å². The van der Waals surface area contributed by atoms with Crippen LogP contribution in [-0.2, 0) is 9.53 Å². The van der Waals surface area contributed by atoms with Crippen LogP contribution < -0.4 is 5.73 Å². The van der Waals surface area contributed by atoms with Gasteiger partial charge in [-0.1, -0.05) is 0 Å². The summed E-state index contributed by atoms with van der Waals surface area (Å²) in [4.78, 5) is 10.5. The molecule has 0 bridgehead atoms. The minimum atomic E-state index is -4.53. The van der Waals surface area contributed by atoms with Crippen molar-refractivity contribution in [3.63, 3.8) is 0 Å². The lowest BCUT2D eigenvalue weighted by Gasteiger charge is -2.13. The molecule has 0 aromatic rings. The molecule has 0 amide bonds. The van der Waals surface area contributed by atoms with Crippen LogP contribution in [0.2, 0.25) is 0 Å². The Bertz CT molecular complexity index is 157. The van der Waals surface area contributed by atoms with Crippen molar-refractivity contribution in [2.24, 2.45) is 5.73 Å². The second kappa shape index (κ2) is 4.30. The first-order chi connectivity index (χ1) is 5.38. The molecule has 0 aromatic carbocycles. The molecule has 12 heavy (non-hydrogen) atoms. The van der Waals surface area contributed by atoms with Gasteiger partial charge in [0.15, 0.2) is 0 Å². The normalized spacial score (nSPS) is 14.1. The van der Waals surface area contributed by atoms with Crippen LogP contribution in [0.5, 0.6) is 0 Å². The molecule has 2 N–H and O–H groups in total. The number of ether oxygens (including phenoxy) is 1. The fourth-order valence-electron chi connectivity index (χ4n) is 0.515. The molecule has 0 radical (unpaired) electrons. The Morgan fingerprint density at radius 2 is 2.08 bits per heavy atom. The molecular formula is C6H10F3NO2. The minimum Gasteiger partial charge on any atom is -0.466 e. The van der Waals surface area contributed by atoms with Gasteiger partial charge in [0.05, 0.1) is 13.0 Å². The lowest BCUT2D eigenvalue weighted by Crippen LogP contribution is -2.39. The highest BCUT2D eigenvalue weighted by Crippen LogP contribution is 2.20. The number of carbonyl (C=O) groups is 1. The largest absolute Gasteiger partial charge is 0.466 e. The number of carbonyl (C=O) groups excluding carboxylic acids is 1. The van der Waals surface area contributed by atoms with E-state index in [2.05, 4.69) is 10.5 Å². The molecule has 6 heteroatoms. The van der Waals surface area contributed by atoms with Crippen LogP contribution in [0.25, 0.3) is 0 Å². The van der Waals surface area contributed by atoms with Crippen LogP contribution in [0.4, 0.5) is 13.2 Å². The summed E-state index contributed by atoms with van der Waals surface area (Å²) in [5, 5.41) is 0. The highest BCUT2D eigenvalue weighted by Gasteiger charge is 2.38. The smallest absolute Gasteiger partial charge is 0.404 e. The molecule has 3 nitrogen and oxygen atoms in total. The lowest BCUT2D eigenvalue weighted by atomic mass is 10.2. The van der Waals surface area contributed by atoms with Gasteiger partial charge in [-0.15, -0.1) is 0 Å². The third-order valence-electron chi connectivity index (χ3n) is 1.11. The maximum Gasteiger partial charge on any atom is 0.404 e. The second-order valence-electron chi connectivity index (χ2n) is 2.16. The predicted octanol–water partition coefficient (Wildman–Crippen LogP) is 0.829. The van der Waals surface area contributed by atoms with Crippen molar-refractivity contribution in [2.75, 3.05) is 6.61 Å². The van der Waals surface area contributed by atoms with E-state index in [9.17, 15) is 18.0 Å². The zero-order chi connectivity index (χ0) is 9.78. The highest BCUT2D eigenvalue weighted by atomic mass is 19.4. The number of rotatable bonds is 3. The van der Waals surface area contributed by atoms with Crippen molar-refractivity contribution < 1.29 is 22.7 Å². The summed E-state index contributed by atoms with van der Waals surface area (Å²) < 4.78 is 39.4. The molecule has 1 atom stereocenters. The molecule has 0 aliphatic heterocycles. The summed E-state index contributed by atoms with van der Waals surface area (Å²) in [5.74, 6) is -0.928. The summed E-state index contributed by atoms with van der Waals surface area (Å²) in [6, 6.07) is -2.13. The Hall–Kier alpha value is -0.780. The predicted molar refractivity (Wildman–Crippen MR) is 35.3 cm³/mol. The molecule has 0 saturated carbocycles. The Morgan fingerprint density at radius 1 is 1.58 bits per heavy atom. The van der Waals surface area contributed by atoms with Crippen molar-refractivity contribution in [3.8, 4) is 0 Å². The highest BCUT2D eigenvalue weighted by molar-refractivity contribution is 5.70. The van der Waals surface area contributed by atoms with E-state index in [-0.39, 0.29) is 6.61 Å². The van der Waals surface area contributed by atoms with E-state index >= 15 is 0 Å². The van der Waals surface area contributed by atoms with E-state index in [1.54, 1.807) is 0 Å². The van der Waals surface area contributed by atoms with Crippen LogP contribution in [0.3, 0.4) is 0 Å². The van der Waals surface area contributed by atoms with Crippen molar-refractivity contribution in [2.45, 2.75) is 25.6 Å². The average molecular weight is 185 g/mol. The molecule has 0 fully saturated rings. The fraction of sp³-hybridized carbons (Fsp3) is 0.833. The Morgan fingerprint density at radius 3 is 2.42 bits per heavy atom. The second-order valence-corrected chi connectivity index (χ2v) is 2.16. The number of esters is 1. The third-order valence-corrected chi connectivity index (χ3v) is 1.11. The lowest BCUT2D eigenvalue weighted by molar-refractivity contribution is -0.164. The van der Waals surface area contributed by atoms with Gasteiger partial charge in [0.2, 0.25) is 0 Å². The molecular weight excluding hydrogens is 175 g/mol. The van der Waals surface area contributed by atoms with E-state index in [1.807, 2.05) is 0 Å². The first-order valence-corrected chi connectivity index (χ1v) is 3.35. The minimum absolute atomic E-state index is 0.0589. The van der Waals surface area contributed by atoms with Gasteiger partial charge in [0, 0.05) is 0 Å². The van der Waals surface area contributed by atoms with Crippen molar-refractivity contribution in [3.05, 3.63) is 0 Å². The van der Waals surface area contributed by atoms with Gasteiger partial charge in [0.25, 0.3) is 0 Å². The quantitative estimate of drug-likeness (QED) is 0.662. The Balaban J connectivity index is 3.84. The zero-order valence-electron chi connectivity index (χ0n) is 6.52. The van der Waals surface area contributed by atoms with Crippen LogP contribution >= 0.6 is 0 Å². The number of hydrogen-bond donors (Lipinski definition) is 1. The topological polar surface area (TPSA) is 52.3 Å². The number of nitrogens with two attached hydrogens (primary N) is 1. The molecule has 0 saturated heterocycles. The van der Waals surface area contributed by atoms with Crippen LogP contribution in [-0.4, -0.2) is 24.8 Å². The summed E-state index contributed by atoms with van der Waals surface area (Å²) in [5.41, 5.74) is 4.66. The van der Waals surface area contributed by atoms with Gasteiger partial charge < -0.3 is 10.5 Å². The standard InChI is InChI=1S/C6H10F3NO2/c1-2-12-5(11)3-4(10)6(7,8)9/h4H,2-3,10H2,1H3/t4-/m0/s1. The summed E-state index contributed by atoms with van der Waals surface area (Å²) in [6.45, 7) is 1.57. The van der Waals surface area contributed by atoms with E-state index in [4.69, 9.17) is 0 Å². The number of hydrogen-bond acceptors (Lipinski definition) is 3. The molecule has 0 spiro atoms. The molecule has 0 rings (SSSR count). The van der Waals surface area contributed by atoms with E-state index in [0.29, 0.717) is 0 Å². The Kier molecular flexibility index (Phi) is 4.02. The summed E-state index contributed by atoms with van der Waals surface area (Å²) in [7, 11) is 0. The van der Waals surface area contributed by atoms with E-state index in [1.165, 1.54) is 6.92 Å². The summed E-state index contributed by atoms with van der Waals surface area (Å²) >= 11 is 0. The Labute approximate surface area is 67.7 Å². The molecule has 0 unspecified atom stereocenters. The first kappa shape index (κ1) is 11.2. The molecule has 0 aliphatic carbocycles. The van der Waals surface area contributed by atoms with E-state index in [0.717, 1.165) is 0 Å². The molecule has 0 aliphatic rings. The van der Waals surface area contributed by atoms with Gasteiger partial charge >= 0.3 is 12.1 Å². The molecule has 0 heterocycles. The fourth-order valence-corrected chi connectivity index (χ4v) is 0.515. The van der Waals surface area contributed by atoms with Gasteiger partial charge in [-0.05, 0) is 6.92 Å². The van der Waals surface area contributed by atoms with E-state index < -0.39 is 24.6 Å². The van der Waals surface area contributed by atoms with Gasteiger partial charge in [0.1, 0.15) is 6.04 Å². The van der Waals surface area contributed by atoms with Gasteiger partial charge in [-0.2, -0.15) is 13.2 Å². The van der Waals surface area contributed by atoms with Crippen molar-refractivity contribution >= 4 is 5.97 Å². The van der Waals surface area contributed by atoms with Crippen LogP contribution in [0.15, 0.2) is 0 Å². The molecule has 72 valence electrons.